The van der Waals surface area contributed by atoms with Gasteiger partial charge in [0.05, 0.1) is 10.9 Å². The van der Waals surface area contributed by atoms with Gasteiger partial charge in [-0.05, 0) is 13.0 Å². The molecule has 0 fully saturated rings. The standard InChI is InChI=1S/C16H13N3O4/c1-2-18-7-11(16(21)19-4-3-17-8-19)15(20)10-5-13-14(6-12(10)18)23-9-22-13/h3-8H,2,9H2,1H3. The number of carbonyl (C=O) groups excluding carboxylic acids is 1. The minimum atomic E-state index is -0.408. The maximum Gasteiger partial charge on any atom is 0.268 e. The smallest absolute Gasteiger partial charge is 0.268 e. The van der Waals surface area contributed by atoms with Crippen LogP contribution >= 0.6 is 0 Å². The second-order valence-corrected chi connectivity index (χ2v) is 5.16. The number of pyridine rings is 1. The zero-order valence-electron chi connectivity index (χ0n) is 12.4. The third kappa shape index (κ3) is 2.01. The van der Waals surface area contributed by atoms with Gasteiger partial charge in [-0.25, -0.2) is 4.98 Å². The van der Waals surface area contributed by atoms with Crippen LogP contribution in [0.1, 0.15) is 17.3 Å². The molecular formula is C16H13N3O4. The van der Waals surface area contributed by atoms with Crippen LogP contribution in [0.5, 0.6) is 11.5 Å². The van der Waals surface area contributed by atoms with Crippen LogP contribution < -0.4 is 14.9 Å². The van der Waals surface area contributed by atoms with E-state index < -0.39 is 5.91 Å². The van der Waals surface area contributed by atoms with E-state index in [4.69, 9.17) is 9.47 Å². The molecule has 0 unspecified atom stereocenters. The van der Waals surface area contributed by atoms with Crippen LogP contribution in [0.3, 0.4) is 0 Å². The molecule has 0 aliphatic carbocycles. The zero-order valence-corrected chi connectivity index (χ0v) is 12.4. The maximum atomic E-state index is 12.8. The van der Waals surface area contributed by atoms with E-state index in [1.54, 1.807) is 18.3 Å². The molecule has 3 aromatic rings. The first kappa shape index (κ1) is 13.6. The number of hydrogen-bond donors (Lipinski definition) is 0. The Morgan fingerprint density at radius 2 is 2.09 bits per heavy atom. The molecule has 0 bridgehead atoms. The minimum Gasteiger partial charge on any atom is -0.454 e. The van der Waals surface area contributed by atoms with Gasteiger partial charge in [-0.15, -0.1) is 0 Å². The van der Waals surface area contributed by atoms with Crippen molar-refractivity contribution in [1.29, 1.82) is 0 Å². The second-order valence-electron chi connectivity index (χ2n) is 5.16. The molecule has 7 heteroatoms. The van der Waals surface area contributed by atoms with E-state index in [1.807, 2.05) is 11.5 Å². The summed E-state index contributed by atoms with van der Waals surface area (Å²) in [5.41, 5.74) is 0.474. The number of nitrogens with zero attached hydrogens (tertiary/aromatic N) is 3. The van der Waals surface area contributed by atoms with Gasteiger partial charge in [0.1, 0.15) is 11.9 Å². The first-order valence-electron chi connectivity index (χ1n) is 7.18. The zero-order chi connectivity index (χ0) is 16.0. The van der Waals surface area contributed by atoms with Crippen molar-refractivity contribution < 1.29 is 14.3 Å². The molecule has 1 aliphatic rings. The average Bonchev–Trinajstić information content (AvgIpc) is 3.24. The summed E-state index contributed by atoms with van der Waals surface area (Å²) in [5.74, 6) is 0.714. The Hall–Kier alpha value is -3.09. The molecule has 0 saturated carbocycles. The number of rotatable bonds is 2. The monoisotopic (exact) mass is 311 g/mol. The summed E-state index contributed by atoms with van der Waals surface area (Å²) in [6.45, 7) is 2.69. The Bertz CT molecular complexity index is 973. The van der Waals surface area contributed by atoms with Gasteiger partial charge in [0, 0.05) is 31.2 Å². The molecule has 1 aliphatic heterocycles. The van der Waals surface area contributed by atoms with Gasteiger partial charge in [0.2, 0.25) is 12.2 Å². The van der Waals surface area contributed by atoms with E-state index in [-0.39, 0.29) is 17.8 Å². The van der Waals surface area contributed by atoms with Crippen LogP contribution in [0, 0.1) is 0 Å². The van der Waals surface area contributed by atoms with Crippen molar-refractivity contribution in [2.24, 2.45) is 0 Å². The summed E-state index contributed by atoms with van der Waals surface area (Å²) >= 11 is 0. The molecule has 0 N–H and O–H groups in total. The molecule has 4 rings (SSSR count). The fourth-order valence-corrected chi connectivity index (χ4v) is 2.71. The summed E-state index contributed by atoms with van der Waals surface area (Å²) in [5, 5.41) is 0.432. The van der Waals surface area contributed by atoms with Gasteiger partial charge < -0.3 is 14.0 Å². The number of fused-ring (bicyclic) bond motifs is 2. The number of hydrogen-bond acceptors (Lipinski definition) is 5. The molecule has 3 heterocycles. The van der Waals surface area contributed by atoms with Crippen LogP contribution in [0.4, 0.5) is 0 Å². The number of benzene rings is 1. The highest BCUT2D eigenvalue weighted by Gasteiger charge is 2.21. The lowest BCUT2D eigenvalue weighted by molar-refractivity contribution is 0.0958. The molecule has 0 saturated heterocycles. The SMILES string of the molecule is CCn1cc(C(=O)n2ccnc2)c(=O)c2cc3c(cc21)OCO3. The highest BCUT2D eigenvalue weighted by Crippen LogP contribution is 2.35. The molecule has 0 radical (unpaired) electrons. The second kappa shape index (κ2) is 4.98. The van der Waals surface area contributed by atoms with Crippen LogP contribution in [0.2, 0.25) is 0 Å². The normalized spacial score (nSPS) is 12.7. The van der Waals surface area contributed by atoms with Crippen molar-refractivity contribution >= 4 is 16.8 Å². The summed E-state index contributed by atoms with van der Waals surface area (Å²) in [6.07, 6.45) is 5.97. The molecule has 116 valence electrons. The lowest BCUT2D eigenvalue weighted by Crippen LogP contribution is -2.23. The van der Waals surface area contributed by atoms with Crippen LogP contribution in [0.15, 0.2) is 41.8 Å². The molecule has 0 atom stereocenters. The number of aryl methyl sites for hydroxylation is 1. The summed E-state index contributed by atoms with van der Waals surface area (Å²) in [4.78, 5) is 29.1. The van der Waals surface area contributed by atoms with Gasteiger partial charge >= 0.3 is 0 Å². The third-order valence-corrected chi connectivity index (χ3v) is 3.88. The van der Waals surface area contributed by atoms with Crippen molar-refractivity contribution in [2.45, 2.75) is 13.5 Å². The Morgan fingerprint density at radius 3 is 2.78 bits per heavy atom. The molecule has 0 spiro atoms. The first-order valence-corrected chi connectivity index (χ1v) is 7.18. The summed E-state index contributed by atoms with van der Waals surface area (Å²) < 4.78 is 13.8. The Kier molecular flexibility index (Phi) is 2.94. The Balaban J connectivity index is 2.00. The van der Waals surface area contributed by atoms with Crippen LogP contribution in [-0.4, -0.2) is 26.8 Å². The largest absolute Gasteiger partial charge is 0.454 e. The van der Waals surface area contributed by atoms with E-state index in [1.165, 1.54) is 23.3 Å². The van der Waals surface area contributed by atoms with Crippen LogP contribution in [0.25, 0.3) is 10.9 Å². The molecular weight excluding hydrogens is 298 g/mol. The van der Waals surface area contributed by atoms with E-state index in [0.29, 0.717) is 28.9 Å². The maximum absolute atomic E-state index is 12.8. The van der Waals surface area contributed by atoms with Crippen molar-refractivity contribution in [3.63, 3.8) is 0 Å². The number of imidazole rings is 1. The molecule has 2 aromatic heterocycles. The minimum absolute atomic E-state index is 0.0937. The number of ether oxygens (including phenoxy) is 2. The van der Waals surface area contributed by atoms with Crippen molar-refractivity contribution in [3.05, 3.63) is 52.8 Å². The topological polar surface area (TPSA) is 75.4 Å². The van der Waals surface area contributed by atoms with Crippen molar-refractivity contribution in [2.75, 3.05) is 6.79 Å². The average molecular weight is 311 g/mol. The summed E-state index contributed by atoms with van der Waals surface area (Å²) in [7, 11) is 0. The predicted molar refractivity (Wildman–Crippen MR) is 82.0 cm³/mol. The van der Waals surface area contributed by atoms with Crippen molar-refractivity contribution in [1.82, 2.24) is 14.1 Å². The Labute approximate surface area is 130 Å². The van der Waals surface area contributed by atoms with E-state index in [9.17, 15) is 9.59 Å². The van der Waals surface area contributed by atoms with Crippen molar-refractivity contribution in [3.8, 4) is 11.5 Å². The van der Waals surface area contributed by atoms with E-state index in [0.717, 1.165) is 0 Å². The van der Waals surface area contributed by atoms with Gasteiger partial charge in [-0.1, -0.05) is 0 Å². The number of carbonyl (C=O) groups is 1. The first-order chi connectivity index (χ1) is 11.2. The van der Waals surface area contributed by atoms with Crippen LogP contribution in [-0.2, 0) is 6.54 Å². The van der Waals surface area contributed by atoms with Gasteiger partial charge in [-0.2, -0.15) is 0 Å². The lowest BCUT2D eigenvalue weighted by atomic mass is 10.1. The lowest BCUT2D eigenvalue weighted by Gasteiger charge is -2.12. The number of aromatic nitrogens is 3. The Morgan fingerprint density at radius 1 is 1.30 bits per heavy atom. The highest BCUT2D eigenvalue weighted by molar-refractivity contribution is 5.99. The highest BCUT2D eigenvalue weighted by atomic mass is 16.7. The fourth-order valence-electron chi connectivity index (χ4n) is 2.71. The fraction of sp³-hybridized carbons (Fsp3) is 0.188. The van der Waals surface area contributed by atoms with Gasteiger partial charge in [-0.3, -0.25) is 14.2 Å². The van der Waals surface area contributed by atoms with Gasteiger partial charge in [0.15, 0.2) is 11.5 Å². The predicted octanol–water partition coefficient (Wildman–Crippen LogP) is 1.64. The quantitative estimate of drug-likeness (QED) is 0.719. The van der Waals surface area contributed by atoms with E-state index in [2.05, 4.69) is 4.98 Å². The molecule has 1 aromatic carbocycles. The molecule has 0 amide bonds. The molecule has 23 heavy (non-hydrogen) atoms. The van der Waals surface area contributed by atoms with Gasteiger partial charge in [0.25, 0.3) is 5.91 Å². The third-order valence-electron chi connectivity index (χ3n) is 3.88. The molecule has 7 nitrogen and oxygen atoms in total. The van der Waals surface area contributed by atoms with E-state index >= 15 is 0 Å². The summed E-state index contributed by atoms with van der Waals surface area (Å²) in [6, 6.07) is 3.41.